The number of fused-ring (bicyclic) bond motifs is 2. The standard InChI is InChI=1S/C25H23BrN2O3/c1-15(2)25(26,24(27)31)28(20-13-11-16-7-3-5-9-18(16)22(20)29)21-14-12-17-8-4-6-10-19(17)23(21)30/h3-15,29-30H,1-2H3,(H2,27,31). The van der Waals surface area contributed by atoms with Crippen molar-refractivity contribution >= 4 is 54.8 Å². The van der Waals surface area contributed by atoms with Gasteiger partial charge in [-0.1, -0.05) is 74.5 Å². The Labute approximate surface area is 188 Å². The number of hydrogen-bond donors (Lipinski definition) is 3. The van der Waals surface area contributed by atoms with Crippen molar-refractivity contribution in [3.8, 4) is 11.5 Å². The zero-order chi connectivity index (χ0) is 22.3. The van der Waals surface area contributed by atoms with Gasteiger partial charge in [-0.05, 0) is 44.8 Å². The van der Waals surface area contributed by atoms with Crippen LogP contribution in [0, 0.1) is 5.92 Å². The fraction of sp³-hybridized carbons (Fsp3) is 0.160. The van der Waals surface area contributed by atoms with Gasteiger partial charge in [0.2, 0.25) is 0 Å². The molecule has 0 aliphatic carbocycles. The Morgan fingerprint density at radius 2 is 1.26 bits per heavy atom. The molecular formula is C25H23BrN2O3. The van der Waals surface area contributed by atoms with Crippen LogP contribution in [0.3, 0.4) is 0 Å². The number of carbonyl (C=O) groups excluding carboxylic acids is 1. The number of phenols is 2. The maximum Gasteiger partial charge on any atom is 0.255 e. The van der Waals surface area contributed by atoms with Crippen LogP contribution in [-0.4, -0.2) is 20.6 Å². The van der Waals surface area contributed by atoms with Crippen molar-refractivity contribution in [2.24, 2.45) is 11.7 Å². The summed E-state index contributed by atoms with van der Waals surface area (Å²) < 4.78 is -1.41. The van der Waals surface area contributed by atoms with Crippen LogP contribution in [0.4, 0.5) is 11.4 Å². The number of nitrogens with zero attached hydrogens (tertiary/aromatic N) is 1. The second-order valence-corrected chi connectivity index (χ2v) is 9.05. The van der Waals surface area contributed by atoms with Crippen LogP contribution in [0.1, 0.15) is 13.8 Å². The van der Waals surface area contributed by atoms with Gasteiger partial charge in [0.1, 0.15) is 11.5 Å². The maximum atomic E-state index is 12.8. The third-order valence-corrected chi connectivity index (χ3v) is 7.34. The predicted molar refractivity (Wildman–Crippen MR) is 129 cm³/mol. The summed E-state index contributed by atoms with van der Waals surface area (Å²) in [5, 5.41) is 25.4. The third kappa shape index (κ3) is 3.27. The second kappa shape index (κ2) is 7.78. The number of phenolic OH excluding ortho intramolecular Hbond substituents is 2. The molecule has 31 heavy (non-hydrogen) atoms. The van der Waals surface area contributed by atoms with Gasteiger partial charge in [0.15, 0.2) is 4.45 Å². The van der Waals surface area contributed by atoms with Gasteiger partial charge < -0.3 is 20.8 Å². The van der Waals surface area contributed by atoms with E-state index >= 15 is 0 Å². The molecule has 1 atom stereocenters. The Hall–Kier alpha value is -3.25. The van der Waals surface area contributed by atoms with Crippen LogP contribution < -0.4 is 10.6 Å². The number of rotatable bonds is 5. The molecule has 0 aliphatic heterocycles. The Morgan fingerprint density at radius 1 is 0.839 bits per heavy atom. The fourth-order valence-electron chi connectivity index (χ4n) is 3.98. The van der Waals surface area contributed by atoms with E-state index in [-0.39, 0.29) is 17.4 Å². The van der Waals surface area contributed by atoms with Gasteiger partial charge in [0.05, 0.1) is 11.4 Å². The van der Waals surface area contributed by atoms with E-state index in [0.717, 1.165) is 10.8 Å². The quantitative estimate of drug-likeness (QED) is 0.250. The van der Waals surface area contributed by atoms with Gasteiger partial charge in [-0.3, -0.25) is 4.79 Å². The number of amides is 1. The molecule has 0 saturated carbocycles. The minimum atomic E-state index is -1.41. The van der Waals surface area contributed by atoms with Crippen LogP contribution >= 0.6 is 15.9 Å². The molecule has 1 amide bonds. The first kappa shape index (κ1) is 21.0. The minimum Gasteiger partial charge on any atom is -0.505 e. The van der Waals surface area contributed by atoms with Crippen LogP contribution in [0.2, 0.25) is 0 Å². The lowest BCUT2D eigenvalue weighted by molar-refractivity contribution is -0.120. The molecule has 0 heterocycles. The average Bonchev–Trinajstić information content (AvgIpc) is 2.76. The highest BCUT2D eigenvalue weighted by Crippen LogP contribution is 2.50. The number of hydrogen-bond acceptors (Lipinski definition) is 4. The molecule has 0 spiro atoms. The number of anilines is 2. The van der Waals surface area contributed by atoms with Gasteiger partial charge in [-0.15, -0.1) is 0 Å². The van der Waals surface area contributed by atoms with Crippen LogP contribution in [0.5, 0.6) is 11.5 Å². The first-order valence-corrected chi connectivity index (χ1v) is 10.8. The molecule has 4 aromatic carbocycles. The molecule has 0 fully saturated rings. The number of halogens is 1. The number of carbonyl (C=O) groups is 1. The first-order chi connectivity index (χ1) is 14.8. The van der Waals surface area contributed by atoms with Crippen LogP contribution in [0.15, 0.2) is 72.8 Å². The lowest BCUT2D eigenvalue weighted by Crippen LogP contribution is -2.55. The molecule has 4 aromatic rings. The van der Waals surface area contributed by atoms with E-state index in [2.05, 4.69) is 15.9 Å². The monoisotopic (exact) mass is 478 g/mol. The molecule has 1 unspecified atom stereocenters. The topological polar surface area (TPSA) is 86.8 Å². The highest BCUT2D eigenvalue weighted by atomic mass is 79.9. The molecule has 0 saturated heterocycles. The maximum absolute atomic E-state index is 12.8. The van der Waals surface area contributed by atoms with Gasteiger partial charge in [0, 0.05) is 10.8 Å². The molecule has 4 N–H and O–H groups in total. The molecular weight excluding hydrogens is 456 g/mol. The van der Waals surface area contributed by atoms with E-state index in [1.54, 1.807) is 17.0 Å². The van der Waals surface area contributed by atoms with Crippen molar-refractivity contribution in [2.45, 2.75) is 18.3 Å². The van der Waals surface area contributed by atoms with E-state index in [1.807, 2.05) is 74.5 Å². The smallest absolute Gasteiger partial charge is 0.255 e. The molecule has 0 bridgehead atoms. The number of aromatic hydroxyl groups is 2. The highest BCUT2D eigenvalue weighted by Gasteiger charge is 2.46. The van der Waals surface area contributed by atoms with E-state index in [9.17, 15) is 15.0 Å². The average molecular weight is 479 g/mol. The number of alkyl halides is 1. The van der Waals surface area contributed by atoms with Crippen LogP contribution in [-0.2, 0) is 4.79 Å². The summed E-state index contributed by atoms with van der Waals surface area (Å²) in [5.74, 6) is -0.947. The van der Waals surface area contributed by atoms with Crippen molar-refractivity contribution in [3.05, 3.63) is 72.8 Å². The Kier molecular flexibility index (Phi) is 5.27. The zero-order valence-electron chi connectivity index (χ0n) is 17.2. The first-order valence-electron chi connectivity index (χ1n) is 9.97. The minimum absolute atomic E-state index is 0.00335. The van der Waals surface area contributed by atoms with Gasteiger partial charge >= 0.3 is 0 Å². The molecule has 158 valence electrons. The normalized spacial score (nSPS) is 13.4. The number of nitrogens with two attached hydrogens (primary N) is 1. The molecule has 0 radical (unpaired) electrons. The molecule has 5 nitrogen and oxygen atoms in total. The summed E-state index contributed by atoms with van der Waals surface area (Å²) in [7, 11) is 0. The summed E-state index contributed by atoms with van der Waals surface area (Å²) in [6.07, 6.45) is 0. The van der Waals surface area contributed by atoms with E-state index in [1.165, 1.54) is 0 Å². The summed E-state index contributed by atoms with van der Waals surface area (Å²) in [5.41, 5.74) is 6.59. The lowest BCUT2D eigenvalue weighted by Gasteiger charge is -2.42. The fourth-order valence-corrected chi connectivity index (χ4v) is 4.36. The van der Waals surface area contributed by atoms with Crippen molar-refractivity contribution in [3.63, 3.8) is 0 Å². The summed E-state index contributed by atoms with van der Waals surface area (Å²) >= 11 is 3.58. The second-order valence-electron chi connectivity index (χ2n) is 7.84. The van der Waals surface area contributed by atoms with Crippen LogP contribution in [0.25, 0.3) is 21.5 Å². The molecule has 6 heteroatoms. The van der Waals surface area contributed by atoms with Crippen molar-refractivity contribution in [1.29, 1.82) is 0 Å². The van der Waals surface area contributed by atoms with E-state index in [0.29, 0.717) is 22.1 Å². The molecule has 0 aromatic heterocycles. The Balaban J connectivity index is 2.08. The number of primary amides is 1. The Morgan fingerprint density at radius 3 is 1.65 bits per heavy atom. The summed E-state index contributed by atoms with van der Waals surface area (Å²) in [6, 6.07) is 22.0. The van der Waals surface area contributed by atoms with E-state index < -0.39 is 10.4 Å². The molecule has 0 aliphatic rings. The SMILES string of the molecule is CC(C)C(Br)(C(N)=O)N(c1ccc2ccccc2c1O)c1ccc2ccccc2c1O. The largest absolute Gasteiger partial charge is 0.505 e. The lowest BCUT2D eigenvalue weighted by atomic mass is 9.97. The third-order valence-electron chi connectivity index (χ3n) is 5.68. The van der Waals surface area contributed by atoms with E-state index in [4.69, 9.17) is 5.73 Å². The zero-order valence-corrected chi connectivity index (χ0v) is 18.8. The predicted octanol–water partition coefficient (Wildman–Crippen LogP) is 5.77. The van der Waals surface area contributed by atoms with Crippen molar-refractivity contribution < 1.29 is 15.0 Å². The van der Waals surface area contributed by atoms with Gasteiger partial charge in [-0.2, -0.15) is 0 Å². The van der Waals surface area contributed by atoms with Gasteiger partial charge in [-0.25, -0.2) is 0 Å². The Bertz CT molecular complexity index is 1220. The summed E-state index contributed by atoms with van der Waals surface area (Å²) in [6.45, 7) is 3.70. The van der Waals surface area contributed by atoms with Crippen molar-refractivity contribution in [2.75, 3.05) is 4.90 Å². The number of benzene rings is 4. The molecule has 4 rings (SSSR count). The van der Waals surface area contributed by atoms with Gasteiger partial charge in [0.25, 0.3) is 5.91 Å². The van der Waals surface area contributed by atoms with Crippen molar-refractivity contribution in [1.82, 2.24) is 0 Å². The highest BCUT2D eigenvalue weighted by molar-refractivity contribution is 9.10. The summed E-state index contributed by atoms with van der Waals surface area (Å²) in [4.78, 5) is 14.4.